The summed E-state index contributed by atoms with van der Waals surface area (Å²) in [7, 11) is 2.16. The lowest BCUT2D eigenvalue weighted by Crippen LogP contribution is -2.19. The Hall–Kier alpha value is -1.02. The van der Waals surface area contributed by atoms with Gasteiger partial charge >= 0.3 is 0 Å². The molecule has 2 nitrogen and oxygen atoms in total. The van der Waals surface area contributed by atoms with Crippen LogP contribution in [0.15, 0.2) is 24.3 Å². The van der Waals surface area contributed by atoms with Gasteiger partial charge in [0.25, 0.3) is 0 Å². The van der Waals surface area contributed by atoms with Crippen molar-refractivity contribution in [3.05, 3.63) is 29.8 Å². The maximum absolute atomic E-state index is 5.63. The van der Waals surface area contributed by atoms with E-state index in [1.54, 1.807) is 0 Å². The summed E-state index contributed by atoms with van der Waals surface area (Å²) in [4.78, 5) is 2.33. The van der Waals surface area contributed by atoms with Crippen LogP contribution in [-0.4, -0.2) is 13.6 Å². The summed E-state index contributed by atoms with van der Waals surface area (Å²) in [6.45, 7) is 1.79. The lowest BCUT2D eigenvalue weighted by Gasteiger charge is -2.19. The first-order valence-electron chi connectivity index (χ1n) is 5.79. The Labute approximate surface area is 92.1 Å². The van der Waals surface area contributed by atoms with Crippen LogP contribution in [0.3, 0.4) is 0 Å². The van der Waals surface area contributed by atoms with E-state index in [1.807, 2.05) is 0 Å². The summed E-state index contributed by atoms with van der Waals surface area (Å²) in [5.74, 6) is 1.00. The average molecular weight is 204 g/mol. The van der Waals surface area contributed by atoms with Gasteiger partial charge in [-0.1, -0.05) is 25.0 Å². The van der Waals surface area contributed by atoms with Crippen molar-refractivity contribution in [2.24, 2.45) is 11.7 Å². The van der Waals surface area contributed by atoms with Crippen LogP contribution in [0.2, 0.25) is 0 Å². The second kappa shape index (κ2) is 4.67. The Bertz CT molecular complexity index is 318. The van der Waals surface area contributed by atoms with E-state index >= 15 is 0 Å². The van der Waals surface area contributed by atoms with Gasteiger partial charge in [0.05, 0.1) is 0 Å². The molecule has 1 aromatic carbocycles. The van der Waals surface area contributed by atoms with E-state index in [-0.39, 0.29) is 0 Å². The fraction of sp³-hybridized carbons (Fsp3) is 0.538. The molecule has 0 aromatic heterocycles. The normalized spacial score (nSPS) is 15.3. The molecule has 15 heavy (non-hydrogen) atoms. The zero-order valence-electron chi connectivity index (χ0n) is 9.45. The maximum Gasteiger partial charge on any atom is 0.0366 e. The van der Waals surface area contributed by atoms with E-state index < -0.39 is 0 Å². The van der Waals surface area contributed by atoms with Gasteiger partial charge in [-0.15, -0.1) is 0 Å². The molecule has 1 saturated carbocycles. The van der Waals surface area contributed by atoms with Crippen LogP contribution in [0.25, 0.3) is 0 Å². The molecular formula is C13H20N2. The van der Waals surface area contributed by atoms with Crippen LogP contribution in [0.4, 0.5) is 5.69 Å². The summed E-state index contributed by atoms with van der Waals surface area (Å²) < 4.78 is 0. The molecule has 0 radical (unpaired) electrons. The van der Waals surface area contributed by atoms with Crippen LogP contribution in [0.5, 0.6) is 0 Å². The number of nitrogens with zero attached hydrogens (tertiary/aromatic N) is 1. The molecule has 1 aromatic rings. The van der Waals surface area contributed by atoms with Crippen molar-refractivity contribution in [1.29, 1.82) is 0 Å². The van der Waals surface area contributed by atoms with E-state index in [2.05, 4.69) is 36.2 Å². The first-order chi connectivity index (χ1) is 7.29. The fourth-order valence-electron chi connectivity index (χ4n) is 1.83. The maximum atomic E-state index is 5.63. The zero-order chi connectivity index (χ0) is 10.7. The first-order valence-corrected chi connectivity index (χ1v) is 5.79. The van der Waals surface area contributed by atoms with Crippen molar-refractivity contribution in [3.8, 4) is 0 Å². The van der Waals surface area contributed by atoms with Crippen LogP contribution in [-0.2, 0) is 6.54 Å². The third-order valence-corrected chi connectivity index (χ3v) is 3.16. The van der Waals surface area contributed by atoms with E-state index in [4.69, 9.17) is 5.73 Å². The van der Waals surface area contributed by atoms with Gasteiger partial charge in [-0.25, -0.2) is 0 Å². The van der Waals surface area contributed by atoms with Crippen molar-refractivity contribution in [1.82, 2.24) is 0 Å². The number of hydrogen-bond acceptors (Lipinski definition) is 2. The van der Waals surface area contributed by atoms with Crippen molar-refractivity contribution in [2.45, 2.75) is 25.8 Å². The number of nitrogens with two attached hydrogens (primary N) is 1. The van der Waals surface area contributed by atoms with Gasteiger partial charge in [-0.3, -0.25) is 0 Å². The van der Waals surface area contributed by atoms with E-state index in [1.165, 1.54) is 37.1 Å². The van der Waals surface area contributed by atoms with Gasteiger partial charge in [-0.2, -0.15) is 0 Å². The highest BCUT2D eigenvalue weighted by atomic mass is 15.1. The topological polar surface area (TPSA) is 29.3 Å². The molecule has 2 heteroatoms. The van der Waals surface area contributed by atoms with E-state index in [0.29, 0.717) is 6.54 Å². The Morgan fingerprint density at radius 2 is 2.20 bits per heavy atom. The summed E-state index contributed by atoms with van der Waals surface area (Å²) in [5.41, 5.74) is 8.14. The van der Waals surface area contributed by atoms with Crippen LogP contribution >= 0.6 is 0 Å². The standard InChI is InChI=1S/C13H20N2/c1-15(8-7-11-5-6-11)13-4-2-3-12(9-13)10-14/h2-4,9,11H,5-8,10,14H2,1H3. The Balaban J connectivity index is 1.93. The number of benzene rings is 1. The molecule has 0 aliphatic heterocycles. The molecular weight excluding hydrogens is 184 g/mol. The minimum absolute atomic E-state index is 0.629. The molecule has 1 aliphatic rings. The van der Waals surface area contributed by atoms with Crippen LogP contribution in [0, 0.1) is 5.92 Å². The van der Waals surface area contributed by atoms with Crippen LogP contribution in [0.1, 0.15) is 24.8 Å². The zero-order valence-corrected chi connectivity index (χ0v) is 9.45. The number of anilines is 1. The van der Waals surface area contributed by atoms with Gasteiger partial charge in [0.2, 0.25) is 0 Å². The third kappa shape index (κ3) is 2.96. The Morgan fingerprint density at radius 1 is 1.40 bits per heavy atom. The minimum Gasteiger partial charge on any atom is -0.375 e. The summed E-state index contributed by atoms with van der Waals surface area (Å²) in [5, 5.41) is 0. The van der Waals surface area contributed by atoms with Gasteiger partial charge in [0.15, 0.2) is 0 Å². The van der Waals surface area contributed by atoms with Crippen molar-refractivity contribution < 1.29 is 0 Å². The van der Waals surface area contributed by atoms with E-state index in [9.17, 15) is 0 Å². The molecule has 0 bridgehead atoms. The average Bonchev–Trinajstić information content (AvgIpc) is 3.10. The lowest BCUT2D eigenvalue weighted by molar-refractivity contribution is 0.710. The first kappa shape index (κ1) is 10.5. The second-order valence-electron chi connectivity index (χ2n) is 4.53. The summed E-state index contributed by atoms with van der Waals surface area (Å²) in [6.07, 6.45) is 4.22. The van der Waals surface area contributed by atoms with Crippen molar-refractivity contribution >= 4 is 5.69 Å². The molecule has 0 atom stereocenters. The fourth-order valence-corrected chi connectivity index (χ4v) is 1.83. The van der Waals surface area contributed by atoms with E-state index in [0.717, 1.165) is 5.92 Å². The molecule has 0 spiro atoms. The highest BCUT2D eigenvalue weighted by Gasteiger charge is 2.21. The van der Waals surface area contributed by atoms with Gasteiger partial charge < -0.3 is 10.6 Å². The number of rotatable bonds is 5. The highest BCUT2D eigenvalue weighted by Crippen LogP contribution is 2.32. The molecule has 2 rings (SSSR count). The monoisotopic (exact) mass is 204 g/mol. The SMILES string of the molecule is CN(CCC1CC1)c1cccc(CN)c1. The largest absolute Gasteiger partial charge is 0.375 e. The molecule has 0 amide bonds. The Morgan fingerprint density at radius 3 is 2.87 bits per heavy atom. The van der Waals surface area contributed by atoms with Gasteiger partial charge in [0, 0.05) is 25.8 Å². The molecule has 0 unspecified atom stereocenters. The van der Waals surface area contributed by atoms with Gasteiger partial charge in [0.1, 0.15) is 0 Å². The molecule has 0 saturated heterocycles. The quantitative estimate of drug-likeness (QED) is 0.798. The van der Waals surface area contributed by atoms with Crippen LogP contribution < -0.4 is 10.6 Å². The number of hydrogen-bond donors (Lipinski definition) is 1. The van der Waals surface area contributed by atoms with Crippen molar-refractivity contribution in [3.63, 3.8) is 0 Å². The second-order valence-corrected chi connectivity index (χ2v) is 4.53. The minimum atomic E-state index is 0.629. The lowest BCUT2D eigenvalue weighted by atomic mass is 10.2. The summed E-state index contributed by atoms with van der Waals surface area (Å²) >= 11 is 0. The predicted octanol–water partition coefficient (Wildman–Crippen LogP) is 2.38. The predicted molar refractivity (Wildman–Crippen MR) is 64.9 cm³/mol. The molecule has 82 valence electrons. The molecule has 2 N–H and O–H groups in total. The Kier molecular flexibility index (Phi) is 3.27. The molecule has 1 fully saturated rings. The van der Waals surface area contributed by atoms with Crippen molar-refractivity contribution in [2.75, 3.05) is 18.5 Å². The summed E-state index contributed by atoms with van der Waals surface area (Å²) in [6, 6.07) is 8.52. The highest BCUT2D eigenvalue weighted by molar-refractivity contribution is 5.47. The third-order valence-electron chi connectivity index (χ3n) is 3.16. The van der Waals surface area contributed by atoms with Gasteiger partial charge in [-0.05, 0) is 30.0 Å². The molecule has 1 aliphatic carbocycles. The smallest absolute Gasteiger partial charge is 0.0366 e. The molecule has 0 heterocycles.